The number of rotatable bonds is 3. The molecule has 0 heterocycles. The molecule has 0 aromatic heterocycles. The molecule has 5 heteroatoms. The summed E-state index contributed by atoms with van der Waals surface area (Å²) in [7, 11) is 0. The second-order valence-electron chi connectivity index (χ2n) is 2.76. The highest BCUT2D eigenvalue weighted by Crippen LogP contribution is 2.23. The van der Waals surface area contributed by atoms with E-state index in [2.05, 4.69) is 5.32 Å². The summed E-state index contributed by atoms with van der Waals surface area (Å²) in [4.78, 5) is 0. The molecule has 1 rings (SSSR count). The maximum atomic E-state index is 12.1. The summed E-state index contributed by atoms with van der Waals surface area (Å²) in [5.41, 5.74) is 0.257. The normalized spacial score (nSPS) is 13.7. The molecule has 0 saturated heterocycles. The molecule has 0 amide bonds. The second-order valence-corrected chi connectivity index (χ2v) is 2.76. The number of halogens is 4. The molecule has 1 N–H and O–H groups in total. The van der Waals surface area contributed by atoms with Gasteiger partial charge < -0.3 is 5.32 Å². The zero-order chi connectivity index (χ0) is 10.6. The molecular weight excluding hydrogens is 198 g/mol. The molecular formula is C9H9F4N. The van der Waals surface area contributed by atoms with Gasteiger partial charge in [-0.3, -0.25) is 0 Å². The maximum Gasteiger partial charge on any atom is 0.411 e. The lowest BCUT2D eigenvalue weighted by Crippen LogP contribution is -2.37. The van der Waals surface area contributed by atoms with E-state index in [4.69, 9.17) is 0 Å². The number of hydrogen-bond acceptors (Lipinski definition) is 1. The summed E-state index contributed by atoms with van der Waals surface area (Å²) in [6.07, 6.45) is -4.56. The Balaban J connectivity index is 2.67. The molecule has 1 unspecified atom stereocenters. The van der Waals surface area contributed by atoms with Gasteiger partial charge in [0, 0.05) is 5.69 Å². The largest absolute Gasteiger partial charge is 0.411 e. The van der Waals surface area contributed by atoms with Crippen LogP contribution in [0.1, 0.15) is 0 Å². The summed E-state index contributed by atoms with van der Waals surface area (Å²) in [6, 6.07) is 5.60. The summed E-state index contributed by atoms with van der Waals surface area (Å²) >= 11 is 0. The van der Waals surface area contributed by atoms with Crippen LogP contribution in [0.3, 0.4) is 0 Å². The maximum absolute atomic E-state index is 12.1. The molecule has 1 nitrogen and oxygen atoms in total. The number of anilines is 1. The molecule has 0 saturated carbocycles. The zero-order valence-corrected chi connectivity index (χ0v) is 7.18. The van der Waals surface area contributed by atoms with E-state index in [1.165, 1.54) is 12.1 Å². The third-order valence-electron chi connectivity index (χ3n) is 1.66. The van der Waals surface area contributed by atoms with E-state index in [1.54, 1.807) is 18.2 Å². The fourth-order valence-corrected chi connectivity index (χ4v) is 0.943. The van der Waals surface area contributed by atoms with Crippen molar-refractivity contribution in [2.75, 3.05) is 12.0 Å². The monoisotopic (exact) mass is 207 g/mol. The summed E-state index contributed by atoms with van der Waals surface area (Å²) in [5, 5.41) is 2.07. The van der Waals surface area contributed by atoms with Gasteiger partial charge in [0.25, 0.3) is 0 Å². The fraction of sp³-hybridized carbons (Fsp3) is 0.333. The molecule has 78 valence electrons. The van der Waals surface area contributed by atoms with Crippen molar-refractivity contribution in [1.29, 1.82) is 0 Å². The first-order valence-corrected chi connectivity index (χ1v) is 3.98. The van der Waals surface area contributed by atoms with Crippen LogP contribution in [0.15, 0.2) is 30.3 Å². The van der Waals surface area contributed by atoms with Crippen molar-refractivity contribution in [3.63, 3.8) is 0 Å². The van der Waals surface area contributed by atoms with Gasteiger partial charge in [0.2, 0.25) is 0 Å². The Morgan fingerprint density at radius 2 is 1.71 bits per heavy atom. The van der Waals surface area contributed by atoms with Gasteiger partial charge in [-0.25, -0.2) is 4.39 Å². The van der Waals surface area contributed by atoms with Crippen LogP contribution < -0.4 is 5.32 Å². The molecule has 1 aromatic rings. The van der Waals surface area contributed by atoms with Crippen LogP contribution >= 0.6 is 0 Å². The molecule has 0 spiro atoms. The summed E-state index contributed by atoms with van der Waals surface area (Å²) in [6.45, 7) is -1.47. The molecule has 1 atom stereocenters. The van der Waals surface area contributed by atoms with Gasteiger partial charge >= 0.3 is 6.18 Å². The molecule has 0 aliphatic rings. The van der Waals surface area contributed by atoms with Gasteiger partial charge in [-0.05, 0) is 12.1 Å². The molecule has 1 aromatic carbocycles. The highest BCUT2D eigenvalue weighted by Gasteiger charge is 2.39. The minimum Gasteiger partial charge on any atom is -0.372 e. The van der Waals surface area contributed by atoms with Crippen molar-refractivity contribution in [3.8, 4) is 0 Å². The number of benzene rings is 1. The van der Waals surface area contributed by atoms with E-state index in [0.29, 0.717) is 0 Å². The molecule has 14 heavy (non-hydrogen) atoms. The number of alkyl halides is 4. The highest BCUT2D eigenvalue weighted by molar-refractivity contribution is 5.43. The molecule has 0 bridgehead atoms. The van der Waals surface area contributed by atoms with E-state index in [0.717, 1.165) is 0 Å². The van der Waals surface area contributed by atoms with Crippen molar-refractivity contribution < 1.29 is 17.6 Å². The number of hydrogen-bond donors (Lipinski definition) is 1. The van der Waals surface area contributed by atoms with Crippen molar-refractivity contribution in [3.05, 3.63) is 30.3 Å². The lowest BCUT2D eigenvalue weighted by molar-refractivity contribution is -0.145. The Labute approximate surface area is 78.7 Å². The van der Waals surface area contributed by atoms with Crippen molar-refractivity contribution >= 4 is 5.69 Å². The smallest absolute Gasteiger partial charge is 0.372 e. The van der Waals surface area contributed by atoms with Crippen molar-refractivity contribution in [2.45, 2.75) is 12.2 Å². The Morgan fingerprint density at radius 3 is 2.14 bits per heavy atom. The van der Waals surface area contributed by atoms with Gasteiger partial charge in [0.05, 0.1) is 0 Å². The van der Waals surface area contributed by atoms with Gasteiger partial charge in [-0.2, -0.15) is 13.2 Å². The van der Waals surface area contributed by atoms with Gasteiger partial charge in [0.15, 0.2) is 6.04 Å². The third kappa shape index (κ3) is 2.90. The topological polar surface area (TPSA) is 12.0 Å². The number of nitrogens with one attached hydrogen (secondary N) is 1. The van der Waals surface area contributed by atoms with E-state index >= 15 is 0 Å². The van der Waals surface area contributed by atoms with Crippen LogP contribution in [0.25, 0.3) is 0 Å². The standard InChI is InChI=1S/C9H9F4N/c10-6-8(9(11,12)13)14-7-4-2-1-3-5-7/h1-5,8,14H,6H2. The third-order valence-corrected chi connectivity index (χ3v) is 1.66. The lowest BCUT2D eigenvalue weighted by atomic mass is 10.2. The van der Waals surface area contributed by atoms with Gasteiger partial charge in [-0.1, -0.05) is 18.2 Å². The summed E-state index contributed by atoms with van der Waals surface area (Å²) in [5.74, 6) is 0. The van der Waals surface area contributed by atoms with Crippen LogP contribution in [-0.4, -0.2) is 18.9 Å². The summed E-state index contributed by atoms with van der Waals surface area (Å²) < 4.78 is 48.4. The van der Waals surface area contributed by atoms with Gasteiger partial charge in [-0.15, -0.1) is 0 Å². The molecule has 0 radical (unpaired) electrons. The quantitative estimate of drug-likeness (QED) is 0.751. The van der Waals surface area contributed by atoms with E-state index in [1.807, 2.05) is 0 Å². The average Bonchev–Trinajstić information content (AvgIpc) is 2.14. The predicted octanol–water partition coefficient (Wildman–Crippen LogP) is 3.00. The van der Waals surface area contributed by atoms with E-state index < -0.39 is 18.9 Å². The Kier molecular flexibility index (Phi) is 3.33. The molecule has 0 fully saturated rings. The first-order chi connectivity index (χ1) is 6.54. The first-order valence-electron chi connectivity index (χ1n) is 3.98. The van der Waals surface area contributed by atoms with Crippen LogP contribution in [0.4, 0.5) is 23.2 Å². The van der Waals surface area contributed by atoms with E-state index in [-0.39, 0.29) is 5.69 Å². The predicted molar refractivity (Wildman–Crippen MR) is 45.9 cm³/mol. The minimum atomic E-state index is -4.56. The van der Waals surface area contributed by atoms with Crippen molar-refractivity contribution in [1.82, 2.24) is 0 Å². The van der Waals surface area contributed by atoms with Crippen LogP contribution in [0.2, 0.25) is 0 Å². The Hall–Kier alpha value is -1.26. The highest BCUT2D eigenvalue weighted by atomic mass is 19.4. The Morgan fingerprint density at radius 1 is 1.14 bits per heavy atom. The molecule has 0 aliphatic carbocycles. The Bertz CT molecular complexity index is 270. The van der Waals surface area contributed by atoms with Crippen molar-refractivity contribution in [2.24, 2.45) is 0 Å². The minimum absolute atomic E-state index is 0.257. The van der Waals surface area contributed by atoms with Crippen LogP contribution in [0, 0.1) is 0 Å². The lowest BCUT2D eigenvalue weighted by Gasteiger charge is -2.19. The first kappa shape index (κ1) is 10.8. The fourth-order valence-electron chi connectivity index (χ4n) is 0.943. The van der Waals surface area contributed by atoms with Gasteiger partial charge in [0.1, 0.15) is 6.67 Å². The number of para-hydroxylation sites is 1. The SMILES string of the molecule is FCC(Nc1ccccc1)C(F)(F)F. The average molecular weight is 207 g/mol. The molecule has 0 aliphatic heterocycles. The van der Waals surface area contributed by atoms with Crippen LogP contribution in [0.5, 0.6) is 0 Å². The van der Waals surface area contributed by atoms with Crippen LogP contribution in [-0.2, 0) is 0 Å². The zero-order valence-electron chi connectivity index (χ0n) is 7.18. The van der Waals surface area contributed by atoms with E-state index in [9.17, 15) is 17.6 Å². The second kappa shape index (κ2) is 4.30.